The summed E-state index contributed by atoms with van der Waals surface area (Å²) in [5.41, 5.74) is 10.8. The number of nitrogens with two attached hydrogens (primary N) is 2. The highest BCUT2D eigenvalue weighted by atomic mass is 32.2. The molecule has 0 aliphatic carbocycles. The van der Waals surface area contributed by atoms with Crippen molar-refractivity contribution in [3.05, 3.63) is 0 Å². The largest absolute Gasteiger partial charge is 0.370 e. The van der Waals surface area contributed by atoms with Crippen molar-refractivity contribution in [1.29, 1.82) is 0 Å². The minimum absolute atomic E-state index is 0.145. The number of amides is 1. The van der Waals surface area contributed by atoms with Crippen LogP contribution in [0.25, 0.3) is 0 Å². The smallest absolute Gasteiger partial charge is 0.219 e. The molecule has 1 rings (SSSR count). The van der Waals surface area contributed by atoms with Gasteiger partial charge in [-0.15, -0.1) is 0 Å². The Morgan fingerprint density at radius 3 is 2.86 bits per heavy atom. The molecule has 0 bridgehead atoms. The average molecular weight is 217 g/mol. The lowest BCUT2D eigenvalue weighted by Gasteiger charge is -2.28. The van der Waals surface area contributed by atoms with Crippen LogP contribution in [0.4, 0.5) is 0 Å². The molecule has 1 fully saturated rings. The summed E-state index contributed by atoms with van der Waals surface area (Å²) in [4.78, 5) is 13.1. The summed E-state index contributed by atoms with van der Waals surface area (Å²) in [6.45, 7) is 2.59. The molecule has 1 amide bonds. The van der Waals surface area contributed by atoms with Gasteiger partial charge in [-0.05, 0) is 18.7 Å². The Labute approximate surface area is 89.4 Å². The van der Waals surface area contributed by atoms with Crippen LogP contribution in [-0.4, -0.2) is 48.0 Å². The maximum atomic E-state index is 10.8. The van der Waals surface area contributed by atoms with Crippen LogP contribution in [0, 0.1) is 0 Å². The fourth-order valence-corrected chi connectivity index (χ4v) is 2.63. The Balaban J connectivity index is 2.44. The monoisotopic (exact) mass is 217 g/mol. The summed E-state index contributed by atoms with van der Waals surface area (Å²) in [5, 5.41) is 0. The summed E-state index contributed by atoms with van der Waals surface area (Å²) >= 11 is 1.97. The van der Waals surface area contributed by atoms with Crippen molar-refractivity contribution in [3.8, 4) is 0 Å². The molecule has 1 atom stereocenters. The van der Waals surface area contributed by atoms with Gasteiger partial charge in [-0.3, -0.25) is 9.69 Å². The molecule has 0 spiro atoms. The van der Waals surface area contributed by atoms with Gasteiger partial charge in [0.1, 0.15) is 0 Å². The van der Waals surface area contributed by atoms with E-state index in [1.807, 2.05) is 11.8 Å². The second-order valence-corrected chi connectivity index (χ2v) is 4.79. The van der Waals surface area contributed by atoms with Gasteiger partial charge in [0, 0.05) is 31.3 Å². The Bertz CT molecular complexity index is 181. The maximum absolute atomic E-state index is 10.8. The second-order valence-electron chi connectivity index (χ2n) is 3.56. The number of hydrogen-bond donors (Lipinski definition) is 2. The first-order valence-electron chi connectivity index (χ1n) is 5.04. The fourth-order valence-electron chi connectivity index (χ4n) is 1.72. The first-order chi connectivity index (χ1) is 6.74. The lowest BCUT2D eigenvalue weighted by molar-refractivity contribution is -0.119. The van der Waals surface area contributed by atoms with Crippen LogP contribution in [-0.2, 0) is 4.79 Å². The quantitative estimate of drug-likeness (QED) is 0.674. The first kappa shape index (κ1) is 11.8. The number of nitrogens with zero attached hydrogens (tertiary/aromatic N) is 1. The van der Waals surface area contributed by atoms with Crippen molar-refractivity contribution in [1.82, 2.24) is 4.90 Å². The van der Waals surface area contributed by atoms with Crippen LogP contribution in [0.2, 0.25) is 0 Å². The van der Waals surface area contributed by atoms with E-state index in [1.54, 1.807) is 0 Å². The molecular weight excluding hydrogens is 198 g/mol. The number of thioether (sulfide) groups is 1. The van der Waals surface area contributed by atoms with Crippen molar-refractivity contribution in [2.24, 2.45) is 11.5 Å². The van der Waals surface area contributed by atoms with E-state index in [4.69, 9.17) is 11.5 Å². The lowest BCUT2D eigenvalue weighted by Crippen LogP contribution is -2.44. The number of primary amides is 1. The number of rotatable bonds is 4. The minimum atomic E-state index is -0.252. The number of carbonyl (C=O) groups excluding carboxylic acids is 1. The summed E-state index contributed by atoms with van der Waals surface area (Å²) in [6.07, 6.45) is 1.57. The second kappa shape index (κ2) is 6.27. The average Bonchev–Trinajstić information content (AvgIpc) is 2.41. The highest BCUT2D eigenvalue weighted by Crippen LogP contribution is 2.13. The third kappa shape index (κ3) is 3.86. The first-order valence-corrected chi connectivity index (χ1v) is 6.19. The molecule has 4 N–H and O–H groups in total. The highest BCUT2D eigenvalue weighted by Gasteiger charge is 2.19. The molecule has 1 unspecified atom stereocenters. The van der Waals surface area contributed by atoms with E-state index in [2.05, 4.69) is 4.90 Å². The summed E-state index contributed by atoms with van der Waals surface area (Å²) in [7, 11) is 0. The van der Waals surface area contributed by atoms with E-state index in [1.165, 1.54) is 12.2 Å². The SMILES string of the molecule is NCC(CC(N)=O)N1CCCSCC1. The van der Waals surface area contributed by atoms with E-state index in [0.29, 0.717) is 13.0 Å². The van der Waals surface area contributed by atoms with Gasteiger partial charge < -0.3 is 11.5 Å². The molecule has 4 nitrogen and oxygen atoms in total. The van der Waals surface area contributed by atoms with Gasteiger partial charge in [-0.25, -0.2) is 0 Å². The lowest BCUT2D eigenvalue weighted by atomic mass is 10.1. The predicted molar refractivity (Wildman–Crippen MR) is 60.2 cm³/mol. The molecule has 0 aromatic carbocycles. The summed E-state index contributed by atoms with van der Waals surface area (Å²) in [6, 6.07) is 0.145. The molecule has 0 aromatic heterocycles. The third-order valence-electron chi connectivity index (χ3n) is 2.48. The van der Waals surface area contributed by atoms with Crippen molar-refractivity contribution in [2.75, 3.05) is 31.1 Å². The normalized spacial score (nSPS) is 21.5. The molecule has 5 heteroatoms. The summed E-state index contributed by atoms with van der Waals surface area (Å²) < 4.78 is 0. The molecule has 1 aliphatic heterocycles. The molecular formula is C9H19N3OS. The van der Waals surface area contributed by atoms with Gasteiger partial charge in [-0.1, -0.05) is 0 Å². The molecule has 1 heterocycles. The Hall–Kier alpha value is -0.260. The van der Waals surface area contributed by atoms with E-state index >= 15 is 0 Å². The molecule has 0 aromatic rings. The molecule has 14 heavy (non-hydrogen) atoms. The van der Waals surface area contributed by atoms with E-state index in [9.17, 15) is 4.79 Å². The number of carbonyl (C=O) groups is 1. The van der Waals surface area contributed by atoms with Gasteiger partial charge in [0.15, 0.2) is 0 Å². The maximum Gasteiger partial charge on any atom is 0.219 e. The molecule has 0 radical (unpaired) electrons. The highest BCUT2D eigenvalue weighted by molar-refractivity contribution is 7.99. The Morgan fingerprint density at radius 2 is 2.21 bits per heavy atom. The zero-order valence-corrected chi connectivity index (χ0v) is 9.26. The molecule has 0 saturated carbocycles. The van der Waals surface area contributed by atoms with Crippen molar-refractivity contribution in [3.63, 3.8) is 0 Å². The van der Waals surface area contributed by atoms with Gasteiger partial charge in [0.05, 0.1) is 0 Å². The zero-order valence-electron chi connectivity index (χ0n) is 8.45. The zero-order chi connectivity index (χ0) is 10.4. The van der Waals surface area contributed by atoms with Gasteiger partial charge in [0.2, 0.25) is 5.91 Å². The minimum Gasteiger partial charge on any atom is -0.370 e. The van der Waals surface area contributed by atoms with Gasteiger partial charge in [-0.2, -0.15) is 11.8 Å². The fraction of sp³-hybridized carbons (Fsp3) is 0.889. The third-order valence-corrected chi connectivity index (χ3v) is 3.53. The van der Waals surface area contributed by atoms with Gasteiger partial charge >= 0.3 is 0 Å². The topological polar surface area (TPSA) is 72.3 Å². The van der Waals surface area contributed by atoms with Gasteiger partial charge in [0.25, 0.3) is 0 Å². The van der Waals surface area contributed by atoms with Crippen molar-refractivity contribution >= 4 is 17.7 Å². The van der Waals surface area contributed by atoms with Crippen LogP contribution in [0.1, 0.15) is 12.8 Å². The van der Waals surface area contributed by atoms with E-state index in [0.717, 1.165) is 18.8 Å². The van der Waals surface area contributed by atoms with Crippen LogP contribution in [0.15, 0.2) is 0 Å². The Morgan fingerprint density at radius 1 is 1.43 bits per heavy atom. The van der Waals surface area contributed by atoms with E-state index < -0.39 is 0 Å². The Kier molecular flexibility index (Phi) is 5.29. The van der Waals surface area contributed by atoms with Crippen molar-refractivity contribution in [2.45, 2.75) is 18.9 Å². The van der Waals surface area contributed by atoms with Crippen LogP contribution in [0.5, 0.6) is 0 Å². The molecule has 1 aliphatic rings. The molecule has 1 saturated heterocycles. The van der Waals surface area contributed by atoms with Crippen LogP contribution >= 0.6 is 11.8 Å². The predicted octanol–water partition coefficient (Wildman–Crippen LogP) is -0.372. The summed E-state index contributed by atoms with van der Waals surface area (Å²) in [5.74, 6) is 2.09. The molecule has 82 valence electrons. The van der Waals surface area contributed by atoms with E-state index in [-0.39, 0.29) is 11.9 Å². The number of hydrogen-bond acceptors (Lipinski definition) is 4. The van der Waals surface area contributed by atoms with Crippen LogP contribution < -0.4 is 11.5 Å². The van der Waals surface area contributed by atoms with Crippen LogP contribution in [0.3, 0.4) is 0 Å². The standard InChI is InChI=1S/C9H19N3OS/c10-7-8(6-9(11)13)12-2-1-4-14-5-3-12/h8H,1-7,10H2,(H2,11,13). The van der Waals surface area contributed by atoms with Crippen molar-refractivity contribution < 1.29 is 4.79 Å².